The Morgan fingerprint density at radius 1 is 1.17 bits per heavy atom. The predicted molar refractivity (Wildman–Crippen MR) is 98.2 cm³/mol. The van der Waals surface area contributed by atoms with Crippen molar-refractivity contribution in [3.63, 3.8) is 0 Å². The van der Waals surface area contributed by atoms with Crippen LogP contribution in [0.5, 0.6) is 0 Å². The fraction of sp³-hybridized carbons (Fsp3) is 0.556. The van der Waals surface area contributed by atoms with Gasteiger partial charge in [0.1, 0.15) is 5.60 Å². The van der Waals surface area contributed by atoms with Crippen LogP contribution in [-0.2, 0) is 9.53 Å². The van der Waals surface area contributed by atoms with Crippen molar-refractivity contribution in [3.05, 3.63) is 33.4 Å². The lowest BCUT2D eigenvalue weighted by Crippen LogP contribution is -2.39. The second kappa shape index (κ2) is 7.64. The molecule has 2 rings (SSSR count). The molecule has 0 aromatic heterocycles. The number of carbonyl (C=O) groups is 2. The van der Waals surface area contributed by atoms with Gasteiger partial charge in [-0.25, -0.2) is 0 Å². The largest absolute Gasteiger partial charge is 0.460 e. The number of hydrogen-bond acceptors (Lipinski definition) is 3. The first-order valence-corrected chi connectivity index (χ1v) is 9.12. The van der Waals surface area contributed by atoms with Crippen LogP contribution in [0.25, 0.3) is 0 Å². The molecule has 0 heterocycles. The average Bonchev–Trinajstić information content (AvgIpc) is 2.46. The van der Waals surface area contributed by atoms with Gasteiger partial charge in [-0.15, -0.1) is 0 Å². The number of hydrogen-bond donors (Lipinski definition) is 1. The van der Waals surface area contributed by atoms with Crippen LogP contribution < -0.4 is 5.32 Å². The SMILES string of the molecule is CC(C)(C)OC(=O)C1CCC(NC(=O)c2cccc(I)c2)CC1. The lowest BCUT2D eigenvalue weighted by Gasteiger charge is -2.30. The lowest BCUT2D eigenvalue weighted by atomic mass is 9.86. The van der Waals surface area contributed by atoms with Crippen LogP contribution in [0.2, 0.25) is 0 Å². The van der Waals surface area contributed by atoms with E-state index >= 15 is 0 Å². The highest BCUT2D eigenvalue weighted by Crippen LogP contribution is 2.27. The lowest BCUT2D eigenvalue weighted by molar-refractivity contribution is -0.161. The van der Waals surface area contributed by atoms with Gasteiger partial charge in [0.15, 0.2) is 0 Å². The molecule has 1 aliphatic carbocycles. The molecule has 23 heavy (non-hydrogen) atoms. The molecule has 1 aromatic rings. The van der Waals surface area contributed by atoms with Crippen molar-refractivity contribution < 1.29 is 14.3 Å². The van der Waals surface area contributed by atoms with Crippen molar-refractivity contribution in [2.24, 2.45) is 5.92 Å². The molecule has 0 unspecified atom stereocenters. The van der Waals surface area contributed by atoms with Crippen molar-refractivity contribution >= 4 is 34.5 Å². The van der Waals surface area contributed by atoms with E-state index in [0.29, 0.717) is 5.56 Å². The van der Waals surface area contributed by atoms with Crippen LogP contribution in [0.4, 0.5) is 0 Å². The van der Waals surface area contributed by atoms with Gasteiger partial charge in [-0.3, -0.25) is 9.59 Å². The summed E-state index contributed by atoms with van der Waals surface area (Å²) in [7, 11) is 0. The monoisotopic (exact) mass is 429 g/mol. The van der Waals surface area contributed by atoms with E-state index in [1.807, 2.05) is 45.0 Å². The minimum absolute atomic E-state index is 0.0377. The molecule has 1 fully saturated rings. The van der Waals surface area contributed by atoms with Crippen LogP contribution in [-0.4, -0.2) is 23.5 Å². The molecule has 0 atom stereocenters. The molecule has 0 spiro atoms. The fourth-order valence-electron chi connectivity index (χ4n) is 2.76. The Balaban J connectivity index is 1.83. The topological polar surface area (TPSA) is 55.4 Å². The minimum Gasteiger partial charge on any atom is -0.460 e. The maximum absolute atomic E-state index is 12.3. The van der Waals surface area contributed by atoms with Crippen molar-refractivity contribution in [2.45, 2.75) is 58.1 Å². The van der Waals surface area contributed by atoms with E-state index in [1.54, 1.807) is 0 Å². The van der Waals surface area contributed by atoms with E-state index in [0.717, 1.165) is 29.3 Å². The van der Waals surface area contributed by atoms with E-state index in [2.05, 4.69) is 27.9 Å². The quantitative estimate of drug-likeness (QED) is 0.586. The molecular formula is C18H24INO3. The van der Waals surface area contributed by atoms with Crippen LogP contribution in [0.3, 0.4) is 0 Å². The number of rotatable bonds is 3. The maximum atomic E-state index is 12.3. The fourth-order valence-corrected chi connectivity index (χ4v) is 3.30. The standard InChI is InChI=1S/C18H24INO3/c1-18(2,3)23-17(22)12-7-9-15(10-8-12)20-16(21)13-5-4-6-14(19)11-13/h4-6,11-12,15H,7-10H2,1-3H3,(H,20,21). The smallest absolute Gasteiger partial charge is 0.309 e. The summed E-state index contributed by atoms with van der Waals surface area (Å²) in [6.45, 7) is 5.66. The summed E-state index contributed by atoms with van der Waals surface area (Å²) in [5, 5.41) is 3.08. The van der Waals surface area contributed by atoms with Gasteiger partial charge in [0.2, 0.25) is 0 Å². The minimum atomic E-state index is -0.438. The van der Waals surface area contributed by atoms with E-state index in [1.165, 1.54) is 0 Å². The van der Waals surface area contributed by atoms with Gasteiger partial charge in [-0.05, 0) is 87.2 Å². The Morgan fingerprint density at radius 3 is 2.39 bits per heavy atom. The number of esters is 1. The average molecular weight is 429 g/mol. The Morgan fingerprint density at radius 2 is 1.83 bits per heavy atom. The molecule has 0 radical (unpaired) electrons. The van der Waals surface area contributed by atoms with E-state index in [4.69, 9.17) is 4.74 Å². The molecule has 126 valence electrons. The number of benzene rings is 1. The van der Waals surface area contributed by atoms with E-state index in [-0.39, 0.29) is 23.8 Å². The highest BCUT2D eigenvalue weighted by atomic mass is 127. The highest BCUT2D eigenvalue weighted by molar-refractivity contribution is 14.1. The summed E-state index contributed by atoms with van der Waals surface area (Å²) in [5.41, 5.74) is 0.248. The normalized spacial score (nSPS) is 21.6. The third kappa shape index (κ3) is 5.79. The van der Waals surface area contributed by atoms with E-state index in [9.17, 15) is 9.59 Å². The van der Waals surface area contributed by atoms with Gasteiger partial charge in [0.25, 0.3) is 5.91 Å². The summed E-state index contributed by atoms with van der Waals surface area (Å²) >= 11 is 2.20. The summed E-state index contributed by atoms with van der Waals surface area (Å²) in [6.07, 6.45) is 3.18. The number of ether oxygens (including phenoxy) is 1. The maximum Gasteiger partial charge on any atom is 0.309 e. The van der Waals surface area contributed by atoms with Crippen LogP contribution in [0.1, 0.15) is 56.8 Å². The molecule has 0 aliphatic heterocycles. The Hall–Kier alpha value is -1.11. The molecular weight excluding hydrogens is 405 g/mol. The highest BCUT2D eigenvalue weighted by Gasteiger charge is 2.30. The molecule has 0 bridgehead atoms. The third-order valence-corrected chi connectivity index (χ3v) is 4.56. The van der Waals surface area contributed by atoms with E-state index < -0.39 is 5.60 Å². The second-order valence-electron chi connectivity index (χ2n) is 7.07. The van der Waals surface area contributed by atoms with Gasteiger partial charge < -0.3 is 10.1 Å². The summed E-state index contributed by atoms with van der Waals surface area (Å²) in [6, 6.07) is 7.69. The number of halogens is 1. The first-order chi connectivity index (χ1) is 10.7. The van der Waals surface area contributed by atoms with Crippen LogP contribution in [0.15, 0.2) is 24.3 Å². The molecule has 5 heteroatoms. The molecule has 1 saturated carbocycles. The molecule has 1 amide bonds. The third-order valence-electron chi connectivity index (χ3n) is 3.89. The molecule has 1 aromatic carbocycles. The first-order valence-electron chi connectivity index (χ1n) is 8.04. The predicted octanol–water partition coefficient (Wildman–Crippen LogP) is 3.92. The second-order valence-corrected chi connectivity index (χ2v) is 8.31. The molecule has 1 N–H and O–H groups in total. The van der Waals surface area contributed by atoms with Gasteiger partial charge in [-0.2, -0.15) is 0 Å². The van der Waals surface area contributed by atoms with Gasteiger partial charge >= 0.3 is 5.97 Å². The van der Waals surface area contributed by atoms with Gasteiger partial charge in [-0.1, -0.05) is 6.07 Å². The molecule has 0 saturated heterocycles. The van der Waals surface area contributed by atoms with Crippen molar-refractivity contribution in [3.8, 4) is 0 Å². The zero-order valence-electron chi connectivity index (χ0n) is 13.9. The zero-order chi connectivity index (χ0) is 17.0. The summed E-state index contributed by atoms with van der Waals surface area (Å²) in [4.78, 5) is 24.4. The molecule has 4 nitrogen and oxygen atoms in total. The molecule has 1 aliphatic rings. The Bertz CT molecular complexity index is 572. The van der Waals surface area contributed by atoms with Gasteiger partial charge in [0, 0.05) is 15.2 Å². The Labute approximate surface area is 151 Å². The first kappa shape index (κ1) is 18.2. The Kier molecular flexibility index (Phi) is 6.06. The van der Waals surface area contributed by atoms with Crippen molar-refractivity contribution in [1.29, 1.82) is 0 Å². The van der Waals surface area contributed by atoms with Gasteiger partial charge in [0.05, 0.1) is 5.92 Å². The number of amides is 1. The van der Waals surface area contributed by atoms with Crippen molar-refractivity contribution in [1.82, 2.24) is 5.32 Å². The number of carbonyl (C=O) groups excluding carboxylic acids is 2. The summed E-state index contributed by atoms with van der Waals surface area (Å²) in [5.74, 6) is -0.191. The van der Waals surface area contributed by atoms with Crippen LogP contribution in [0, 0.1) is 9.49 Å². The van der Waals surface area contributed by atoms with Crippen LogP contribution >= 0.6 is 22.6 Å². The zero-order valence-corrected chi connectivity index (χ0v) is 16.1. The number of nitrogens with one attached hydrogen (secondary N) is 1. The van der Waals surface area contributed by atoms with Crippen molar-refractivity contribution in [2.75, 3.05) is 0 Å². The summed E-state index contributed by atoms with van der Waals surface area (Å²) < 4.78 is 6.49.